The van der Waals surface area contributed by atoms with Gasteiger partial charge in [-0.05, 0) is 18.4 Å². The maximum atomic E-state index is 13.5. The van der Waals surface area contributed by atoms with Crippen LogP contribution in [0.3, 0.4) is 0 Å². The van der Waals surface area contributed by atoms with Crippen molar-refractivity contribution in [3.05, 3.63) is 35.9 Å². The number of alkyl halides is 1. The third-order valence-corrected chi connectivity index (χ3v) is 3.59. The van der Waals surface area contributed by atoms with Crippen LogP contribution in [0.1, 0.15) is 24.8 Å². The molecular formula is C15H20FNO2. The molecule has 2 atom stereocenters. The Morgan fingerprint density at radius 2 is 2.11 bits per heavy atom. The zero-order chi connectivity index (χ0) is 13.7. The normalized spacial score (nSPS) is 22.2. The molecule has 3 nitrogen and oxygen atoms in total. The molecular weight excluding hydrogens is 245 g/mol. The minimum atomic E-state index is -0.774. The van der Waals surface area contributed by atoms with Crippen LogP contribution in [0, 0.1) is 5.92 Å². The lowest BCUT2D eigenvalue weighted by Gasteiger charge is -2.21. The number of nitrogens with zero attached hydrogens (tertiary/aromatic N) is 1. The number of carbonyl (C=O) groups is 1. The van der Waals surface area contributed by atoms with Gasteiger partial charge >= 0.3 is 6.09 Å². The summed E-state index contributed by atoms with van der Waals surface area (Å²) in [6.45, 7) is 0.697. The molecule has 0 heterocycles. The van der Waals surface area contributed by atoms with Gasteiger partial charge in [0.25, 0.3) is 0 Å². The van der Waals surface area contributed by atoms with Crippen molar-refractivity contribution >= 4 is 6.09 Å². The molecule has 1 aromatic carbocycles. The molecule has 1 aliphatic rings. The van der Waals surface area contributed by atoms with Gasteiger partial charge in [0.15, 0.2) is 0 Å². The van der Waals surface area contributed by atoms with Crippen LogP contribution in [0.5, 0.6) is 0 Å². The van der Waals surface area contributed by atoms with Crippen LogP contribution in [0.15, 0.2) is 30.3 Å². The van der Waals surface area contributed by atoms with Crippen LogP contribution in [0.4, 0.5) is 9.18 Å². The molecule has 2 rings (SSSR count). The molecule has 0 aliphatic heterocycles. The molecule has 1 saturated carbocycles. The van der Waals surface area contributed by atoms with E-state index in [-0.39, 0.29) is 18.6 Å². The molecule has 0 unspecified atom stereocenters. The van der Waals surface area contributed by atoms with Gasteiger partial charge in [-0.1, -0.05) is 36.8 Å². The van der Waals surface area contributed by atoms with Crippen molar-refractivity contribution in [1.29, 1.82) is 0 Å². The number of amides is 1. The fraction of sp³-hybridized carbons (Fsp3) is 0.533. The highest BCUT2D eigenvalue weighted by atomic mass is 19.1. The summed E-state index contributed by atoms with van der Waals surface area (Å²) in [6.07, 6.45) is 1.24. The molecule has 1 fully saturated rings. The molecule has 0 aromatic heterocycles. The molecule has 1 aromatic rings. The summed E-state index contributed by atoms with van der Waals surface area (Å²) < 4.78 is 18.7. The number of hydrogen-bond donors (Lipinski definition) is 0. The molecule has 104 valence electrons. The topological polar surface area (TPSA) is 29.5 Å². The molecule has 1 amide bonds. The van der Waals surface area contributed by atoms with Crippen molar-refractivity contribution in [2.24, 2.45) is 5.92 Å². The largest absolute Gasteiger partial charge is 0.445 e. The highest BCUT2D eigenvalue weighted by molar-refractivity contribution is 5.67. The number of hydrogen-bond acceptors (Lipinski definition) is 2. The SMILES string of the molecule is CN(C[C@H]1CCC[C@H]1F)C(=O)OCc1ccccc1. The number of carbonyl (C=O) groups excluding carboxylic acids is 1. The first-order valence-corrected chi connectivity index (χ1v) is 6.72. The van der Waals surface area contributed by atoms with Gasteiger partial charge in [0.05, 0.1) is 0 Å². The Labute approximate surface area is 113 Å². The number of ether oxygens (including phenoxy) is 1. The van der Waals surface area contributed by atoms with Crippen LogP contribution in [0.2, 0.25) is 0 Å². The van der Waals surface area contributed by atoms with E-state index in [1.807, 2.05) is 30.3 Å². The van der Waals surface area contributed by atoms with E-state index in [0.29, 0.717) is 13.0 Å². The summed E-state index contributed by atoms with van der Waals surface area (Å²) >= 11 is 0. The molecule has 0 N–H and O–H groups in total. The summed E-state index contributed by atoms with van der Waals surface area (Å²) in [5.41, 5.74) is 0.952. The minimum absolute atomic E-state index is 0.0331. The van der Waals surface area contributed by atoms with Crippen molar-refractivity contribution in [1.82, 2.24) is 4.90 Å². The summed E-state index contributed by atoms with van der Waals surface area (Å²) in [5, 5.41) is 0. The Hall–Kier alpha value is -1.58. The van der Waals surface area contributed by atoms with Gasteiger partial charge in [-0.15, -0.1) is 0 Å². The number of halogens is 1. The first kappa shape index (κ1) is 13.8. The van der Waals surface area contributed by atoms with Gasteiger partial charge < -0.3 is 9.64 Å². The second-order valence-corrected chi connectivity index (χ2v) is 5.13. The summed E-state index contributed by atoms with van der Waals surface area (Å²) in [6, 6.07) is 9.53. The van der Waals surface area contributed by atoms with Crippen molar-refractivity contribution < 1.29 is 13.9 Å². The van der Waals surface area contributed by atoms with E-state index in [2.05, 4.69) is 0 Å². The molecule has 0 bridgehead atoms. The molecule has 1 aliphatic carbocycles. The molecule has 0 radical (unpaired) electrons. The summed E-state index contributed by atoms with van der Waals surface area (Å²) in [7, 11) is 1.67. The Bertz CT molecular complexity index is 410. The van der Waals surface area contributed by atoms with E-state index in [1.165, 1.54) is 4.90 Å². The Morgan fingerprint density at radius 3 is 2.74 bits per heavy atom. The molecule has 4 heteroatoms. The Kier molecular flexibility index (Phi) is 4.77. The predicted octanol–water partition coefficient (Wildman–Crippen LogP) is 3.39. The lowest BCUT2D eigenvalue weighted by molar-refractivity contribution is 0.0943. The predicted molar refractivity (Wildman–Crippen MR) is 71.5 cm³/mol. The van der Waals surface area contributed by atoms with E-state index in [9.17, 15) is 9.18 Å². The van der Waals surface area contributed by atoms with Gasteiger partial charge in [0.2, 0.25) is 0 Å². The van der Waals surface area contributed by atoms with Crippen LogP contribution in [-0.2, 0) is 11.3 Å². The quantitative estimate of drug-likeness (QED) is 0.835. The van der Waals surface area contributed by atoms with Crippen LogP contribution in [-0.4, -0.2) is 30.8 Å². The average Bonchev–Trinajstić information content (AvgIpc) is 2.82. The number of benzene rings is 1. The van der Waals surface area contributed by atoms with Crippen molar-refractivity contribution in [2.75, 3.05) is 13.6 Å². The summed E-state index contributed by atoms with van der Waals surface area (Å²) in [5.74, 6) is -0.0331. The van der Waals surface area contributed by atoms with Gasteiger partial charge in [-0.2, -0.15) is 0 Å². The fourth-order valence-corrected chi connectivity index (χ4v) is 2.45. The van der Waals surface area contributed by atoms with Crippen molar-refractivity contribution in [3.8, 4) is 0 Å². The van der Waals surface area contributed by atoms with Crippen LogP contribution >= 0.6 is 0 Å². The molecule has 0 spiro atoms. The van der Waals surface area contributed by atoms with Gasteiger partial charge in [0.1, 0.15) is 12.8 Å². The smallest absolute Gasteiger partial charge is 0.409 e. The second kappa shape index (κ2) is 6.55. The van der Waals surface area contributed by atoms with Crippen LogP contribution < -0.4 is 0 Å². The second-order valence-electron chi connectivity index (χ2n) is 5.13. The van der Waals surface area contributed by atoms with Crippen LogP contribution in [0.25, 0.3) is 0 Å². The zero-order valence-electron chi connectivity index (χ0n) is 11.2. The highest BCUT2D eigenvalue weighted by Crippen LogP contribution is 2.28. The Balaban J connectivity index is 1.76. The highest BCUT2D eigenvalue weighted by Gasteiger charge is 2.29. The van der Waals surface area contributed by atoms with Crippen molar-refractivity contribution in [2.45, 2.75) is 32.0 Å². The third-order valence-electron chi connectivity index (χ3n) is 3.59. The van der Waals surface area contributed by atoms with E-state index >= 15 is 0 Å². The number of rotatable bonds is 4. The molecule has 19 heavy (non-hydrogen) atoms. The lowest BCUT2D eigenvalue weighted by Crippen LogP contribution is -2.33. The van der Waals surface area contributed by atoms with E-state index in [4.69, 9.17) is 4.74 Å². The average molecular weight is 265 g/mol. The van der Waals surface area contributed by atoms with E-state index in [1.54, 1.807) is 7.05 Å². The maximum Gasteiger partial charge on any atom is 0.409 e. The maximum absolute atomic E-state index is 13.5. The summed E-state index contributed by atoms with van der Waals surface area (Å²) in [4.78, 5) is 13.3. The standard InChI is InChI=1S/C15H20FNO2/c1-17(10-13-8-5-9-14(13)16)15(18)19-11-12-6-3-2-4-7-12/h2-4,6-7,13-14H,5,8-11H2,1H3/t13-,14-/m1/s1. The molecule has 0 saturated heterocycles. The zero-order valence-corrected chi connectivity index (χ0v) is 11.2. The van der Waals surface area contributed by atoms with E-state index < -0.39 is 6.17 Å². The monoisotopic (exact) mass is 265 g/mol. The third kappa shape index (κ3) is 3.94. The van der Waals surface area contributed by atoms with Gasteiger partial charge in [0, 0.05) is 19.5 Å². The van der Waals surface area contributed by atoms with E-state index in [0.717, 1.165) is 18.4 Å². The van der Waals surface area contributed by atoms with Gasteiger partial charge in [-0.3, -0.25) is 0 Å². The lowest BCUT2D eigenvalue weighted by atomic mass is 10.1. The van der Waals surface area contributed by atoms with Gasteiger partial charge in [-0.25, -0.2) is 9.18 Å². The first-order chi connectivity index (χ1) is 9.16. The minimum Gasteiger partial charge on any atom is -0.445 e. The Morgan fingerprint density at radius 1 is 1.37 bits per heavy atom. The first-order valence-electron chi connectivity index (χ1n) is 6.72. The van der Waals surface area contributed by atoms with Crippen molar-refractivity contribution in [3.63, 3.8) is 0 Å². The fourth-order valence-electron chi connectivity index (χ4n) is 2.45.